The van der Waals surface area contributed by atoms with E-state index in [2.05, 4.69) is 37.5 Å². The Kier molecular flexibility index (Phi) is 5.48. The summed E-state index contributed by atoms with van der Waals surface area (Å²) in [6.45, 7) is 13.3. The third kappa shape index (κ3) is 3.75. The van der Waals surface area contributed by atoms with Crippen molar-refractivity contribution < 1.29 is 4.79 Å². The number of likely N-dealkylation sites (tertiary alicyclic amines) is 2. The fourth-order valence-corrected chi connectivity index (χ4v) is 3.71. The molecule has 116 valence electrons. The van der Waals surface area contributed by atoms with Crippen molar-refractivity contribution in [2.75, 3.05) is 26.2 Å². The Labute approximate surface area is 124 Å². The Morgan fingerprint density at radius 1 is 0.900 bits per heavy atom. The molecule has 0 radical (unpaired) electrons. The molecule has 0 spiro atoms. The normalized spacial score (nSPS) is 23.8. The van der Waals surface area contributed by atoms with Crippen LogP contribution in [0.1, 0.15) is 53.4 Å². The highest BCUT2D eigenvalue weighted by molar-refractivity contribution is 5.79. The standard InChI is InChI=1S/C17H32N2O/c1-13(2)15-5-11-19(12-6-15)17(20)16-7-9-18(10-8-16)14(3)4/h13-16H,5-12H2,1-4H3. The molecule has 0 aromatic carbocycles. The Bertz CT molecular complexity index is 281. The van der Waals surface area contributed by atoms with E-state index in [0.29, 0.717) is 17.9 Å². The zero-order chi connectivity index (χ0) is 14.7. The molecule has 0 aromatic heterocycles. The van der Waals surface area contributed by atoms with Crippen molar-refractivity contribution in [3.63, 3.8) is 0 Å². The molecule has 0 aliphatic carbocycles. The minimum Gasteiger partial charge on any atom is -0.342 e. The van der Waals surface area contributed by atoms with Crippen LogP contribution >= 0.6 is 0 Å². The molecular weight excluding hydrogens is 248 g/mol. The van der Waals surface area contributed by atoms with Crippen LogP contribution in [0.25, 0.3) is 0 Å². The van der Waals surface area contributed by atoms with E-state index in [-0.39, 0.29) is 0 Å². The van der Waals surface area contributed by atoms with Crippen molar-refractivity contribution in [3.8, 4) is 0 Å². The maximum absolute atomic E-state index is 12.6. The van der Waals surface area contributed by atoms with Gasteiger partial charge in [-0.15, -0.1) is 0 Å². The van der Waals surface area contributed by atoms with Gasteiger partial charge < -0.3 is 9.80 Å². The van der Waals surface area contributed by atoms with Gasteiger partial charge in [0.2, 0.25) is 5.91 Å². The number of rotatable bonds is 3. The lowest BCUT2D eigenvalue weighted by Crippen LogP contribution is -2.47. The Morgan fingerprint density at radius 3 is 1.90 bits per heavy atom. The van der Waals surface area contributed by atoms with Crippen LogP contribution in [0.4, 0.5) is 0 Å². The summed E-state index contributed by atoms with van der Waals surface area (Å²) in [5.41, 5.74) is 0. The van der Waals surface area contributed by atoms with Crippen molar-refractivity contribution in [2.45, 2.75) is 59.4 Å². The molecule has 2 rings (SSSR count). The van der Waals surface area contributed by atoms with Gasteiger partial charge in [0.25, 0.3) is 0 Å². The van der Waals surface area contributed by atoms with Gasteiger partial charge >= 0.3 is 0 Å². The summed E-state index contributed by atoms with van der Waals surface area (Å²) in [5.74, 6) is 2.32. The monoisotopic (exact) mass is 280 g/mol. The molecule has 1 amide bonds. The lowest BCUT2D eigenvalue weighted by Gasteiger charge is -2.39. The SMILES string of the molecule is CC(C)C1CCN(C(=O)C2CCN(C(C)C)CC2)CC1. The molecule has 0 unspecified atom stereocenters. The number of nitrogens with zero attached hydrogens (tertiary/aromatic N) is 2. The van der Waals surface area contributed by atoms with E-state index < -0.39 is 0 Å². The summed E-state index contributed by atoms with van der Waals surface area (Å²) >= 11 is 0. The fraction of sp³-hybridized carbons (Fsp3) is 0.941. The number of amides is 1. The fourth-order valence-electron chi connectivity index (χ4n) is 3.71. The number of carbonyl (C=O) groups is 1. The van der Waals surface area contributed by atoms with Crippen molar-refractivity contribution in [1.29, 1.82) is 0 Å². The highest BCUT2D eigenvalue weighted by atomic mass is 16.2. The summed E-state index contributed by atoms with van der Waals surface area (Å²) in [6.07, 6.45) is 4.52. The maximum Gasteiger partial charge on any atom is 0.225 e. The number of piperidine rings is 2. The summed E-state index contributed by atoms with van der Waals surface area (Å²) in [7, 11) is 0. The zero-order valence-corrected chi connectivity index (χ0v) is 13.8. The molecule has 20 heavy (non-hydrogen) atoms. The maximum atomic E-state index is 12.6. The molecule has 0 saturated carbocycles. The molecule has 0 aromatic rings. The van der Waals surface area contributed by atoms with Crippen LogP contribution in [-0.4, -0.2) is 47.9 Å². The van der Waals surface area contributed by atoms with Gasteiger partial charge in [0.05, 0.1) is 0 Å². The average molecular weight is 280 g/mol. The second kappa shape index (κ2) is 6.93. The molecule has 0 bridgehead atoms. The van der Waals surface area contributed by atoms with Gasteiger partial charge in [-0.05, 0) is 64.5 Å². The van der Waals surface area contributed by atoms with Gasteiger partial charge in [0.15, 0.2) is 0 Å². The third-order valence-corrected chi connectivity index (χ3v) is 5.40. The topological polar surface area (TPSA) is 23.6 Å². The molecule has 2 aliphatic heterocycles. The molecule has 2 heterocycles. The molecule has 0 atom stereocenters. The van der Waals surface area contributed by atoms with Crippen LogP contribution in [0.3, 0.4) is 0 Å². The van der Waals surface area contributed by atoms with Gasteiger partial charge in [-0.3, -0.25) is 4.79 Å². The molecule has 2 saturated heterocycles. The smallest absolute Gasteiger partial charge is 0.225 e. The van der Waals surface area contributed by atoms with E-state index in [4.69, 9.17) is 0 Å². The number of hydrogen-bond donors (Lipinski definition) is 0. The van der Waals surface area contributed by atoms with Crippen LogP contribution in [0, 0.1) is 17.8 Å². The first-order chi connectivity index (χ1) is 9.49. The van der Waals surface area contributed by atoms with Crippen LogP contribution in [0.2, 0.25) is 0 Å². The van der Waals surface area contributed by atoms with E-state index in [0.717, 1.165) is 50.9 Å². The highest BCUT2D eigenvalue weighted by Gasteiger charge is 2.31. The second-order valence-corrected chi connectivity index (χ2v) is 7.31. The van der Waals surface area contributed by atoms with Gasteiger partial charge in [-0.1, -0.05) is 13.8 Å². The molecule has 3 heteroatoms. The van der Waals surface area contributed by atoms with E-state index in [1.165, 1.54) is 12.8 Å². The quantitative estimate of drug-likeness (QED) is 0.793. The predicted molar refractivity (Wildman–Crippen MR) is 83.6 cm³/mol. The summed E-state index contributed by atoms with van der Waals surface area (Å²) in [6, 6.07) is 0.618. The average Bonchev–Trinajstić information content (AvgIpc) is 2.46. The lowest BCUT2D eigenvalue weighted by molar-refractivity contribution is -0.138. The van der Waals surface area contributed by atoms with Crippen LogP contribution < -0.4 is 0 Å². The zero-order valence-electron chi connectivity index (χ0n) is 13.8. The molecule has 3 nitrogen and oxygen atoms in total. The van der Waals surface area contributed by atoms with E-state index in [1.807, 2.05) is 0 Å². The van der Waals surface area contributed by atoms with E-state index >= 15 is 0 Å². The van der Waals surface area contributed by atoms with Gasteiger partial charge in [0.1, 0.15) is 0 Å². The number of hydrogen-bond acceptors (Lipinski definition) is 2. The summed E-state index contributed by atoms with van der Waals surface area (Å²) < 4.78 is 0. The van der Waals surface area contributed by atoms with Gasteiger partial charge in [0, 0.05) is 25.0 Å². The molecular formula is C17H32N2O. The van der Waals surface area contributed by atoms with E-state index in [9.17, 15) is 4.79 Å². The Hall–Kier alpha value is -0.570. The molecule has 2 aliphatic rings. The Balaban J connectivity index is 1.79. The first kappa shape index (κ1) is 15.8. The predicted octanol–water partition coefficient (Wildman–Crippen LogP) is 3.00. The molecule has 2 fully saturated rings. The summed E-state index contributed by atoms with van der Waals surface area (Å²) in [5, 5.41) is 0. The third-order valence-electron chi connectivity index (χ3n) is 5.40. The van der Waals surface area contributed by atoms with Crippen molar-refractivity contribution in [2.24, 2.45) is 17.8 Å². The van der Waals surface area contributed by atoms with E-state index in [1.54, 1.807) is 0 Å². The van der Waals surface area contributed by atoms with Crippen LogP contribution in [-0.2, 0) is 4.79 Å². The van der Waals surface area contributed by atoms with Crippen LogP contribution in [0.5, 0.6) is 0 Å². The number of carbonyl (C=O) groups excluding carboxylic acids is 1. The lowest BCUT2D eigenvalue weighted by atomic mass is 9.86. The minimum atomic E-state index is 0.292. The summed E-state index contributed by atoms with van der Waals surface area (Å²) in [4.78, 5) is 17.3. The van der Waals surface area contributed by atoms with Crippen LogP contribution in [0.15, 0.2) is 0 Å². The first-order valence-corrected chi connectivity index (χ1v) is 8.52. The largest absolute Gasteiger partial charge is 0.342 e. The molecule has 0 N–H and O–H groups in total. The minimum absolute atomic E-state index is 0.292. The second-order valence-electron chi connectivity index (χ2n) is 7.31. The van der Waals surface area contributed by atoms with Gasteiger partial charge in [-0.2, -0.15) is 0 Å². The highest BCUT2D eigenvalue weighted by Crippen LogP contribution is 2.27. The Morgan fingerprint density at radius 2 is 1.45 bits per heavy atom. The van der Waals surface area contributed by atoms with Crippen molar-refractivity contribution in [3.05, 3.63) is 0 Å². The first-order valence-electron chi connectivity index (χ1n) is 8.52. The van der Waals surface area contributed by atoms with Crippen molar-refractivity contribution in [1.82, 2.24) is 9.80 Å². The van der Waals surface area contributed by atoms with Gasteiger partial charge in [-0.25, -0.2) is 0 Å². The van der Waals surface area contributed by atoms with Crippen molar-refractivity contribution >= 4 is 5.91 Å².